The molecule has 1 aromatic heterocycles. The number of fused-ring (bicyclic) bond motifs is 1. The third-order valence-corrected chi connectivity index (χ3v) is 2.53. The highest BCUT2D eigenvalue weighted by atomic mass is 16.6. The molecule has 0 spiro atoms. The Morgan fingerprint density at radius 2 is 2.05 bits per heavy atom. The van der Waals surface area contributed by atoms with E-state index in [-0.39, 0.29) is 18.0 Å². The summed E-state index contributed by atoms with van der Waals surface area (Å²) in [6.07, 6.45) is 2.46. The van der Waals surface area contributed by atoms with Crippen molar-refractivity contribution in [3.05, 3.63) is 40.1 Å². The van der Waals surface area contributed by atoms with E-state index < -0.39 is 0 Å². The molecule has 0 saturated heterocycles. The van der Waals surface area contributed by atoms with Crippen LogP contribution in [0.25, 0.3) is 10.9 Å². The highest BCUT2D eigenvalue weighted by molar-refractivity contribution is 5.85. The molecule has 0 saturated carbocycles. The Balaban J connectivity index is 0.00000103. The molecule has 19 heavy (non-hydrogen) atoms. The van der Waals surface area contributed by atoms with Crippen LogP contribution < -0.4 is 0 Å². The second-order valence-electron chi connectivity index (χ2n) is 3.54. The molecule has 1 N–H and O–H groups in total. The van der Waals surface area contributed by atoms with Crippen LogP contribution in [-0.4, -0.2) is 23.6 Å². The van der Waals surface area contributed by atoms with Gasteiger partial charge in [-0.15, -0.1) is 0 Å². The fourth-order valence-corrected chi connectivity index (χ4v) is 1.75. The minimum atomic E-state index is -0.378. The van der Waals surface area contributed by atoms with Crippen LogP contribution in [0.3, 0.4) is 0 Å². The molecule has 1 heterocycles. The predicted octanol–water partition coefficient (Wildman–Crippen LogP) is 3.93. The van der Waals surface area contributed by atoms with Crippen molar-refractivity contribution in [1.82, 2.24) is 4.98 Å². The maximum Gasteiger partial charge on any atom is 0.271 e. The largest absolute Gasteiger partial charge is 0.384 e. The van der Waals surface area contributed by atoms with Gasteiger partial charge in [-0.05, 0) is 18.1 Å². The summed E-state index contributed by atoms with van der Waals surface area (Å²) in [4.78, 5) is 13.4. The maximum absolute atomic E-state index is 10.8. The molecule has 0 aliphatic carbocycles. The first-order chi connectivity index (χ1) is 8.72. The fourth-order valence-electron chi connectivity index (χ4n) is 1.75. The smallest absolute Gasteiger partial charge is 0.271 e. The van der Waals surface area contributed by atoms with Gasteiger partial charge < -0.3 is 9.72 Å². The lowest BCUT2D eigenvalue weighted by Gasteiger charge is -2.03. The number of ether oxygens (including phenoxy) is 1. The van der Waals surface area contributed by atoms with Crippen LogP contribution in [0.4, 0.5) is 5.69 Å². The molecule has 0 unspecified atom stereocenters. The van der Waals surface area contributed by atoms with E-state index in [0.717, 1.165) is 16.5 Å². The molecule has 2 aromatic rings. The van der Waals surface area contributed by atoms with Crippen LogP contribution in [0.15, 0.2) is 24.4 Å². The summed E-state index contributed by atoms with van der Waals surface area (Å²) in [5.41, 5.74) is 1.84. The second kappa shape index (κ2) is 8.26. The van der Waals surface area contributed by atoms with Gasteiger partial charge in [0, 0.05) is 30.8 Å². The van der Waals surface area contributed by atoms with E-state index in [1.807, 2.05) is 19.9 Å². The molecule has 106 valence electrons. The van der Waals surface area contributed by atoms with Crippen molar-refractivity contribution in [2.75, 3.05) is 13.7 Å². The van der Waals surface area contributed by atoms with Crippen molar-refractivity contribution in [3.8, 4) is 0 Å². The van der Waals surface area contributed by atoms with Gasteiger partial charge in [-0.2, -0.15) is 0 Å². The zero-order valence-corrected chi connectivity index (χ0v) is 10.9. The summed E-state index contributed by atoms with van der Waals surface area (Å²) < 4.78 is 4.99. The normalized spacial score (nSPS) is 9.42. The number of methoxy groups -OCH3 is 1. The van der Waals surface area contributed by atoms with E-state index in [9.17, 15) is 10.1 Å². The number of rotatable bonds is 4. The molecular formula is C14H22N2O3. The first-order valence-electron chi connectivity index (χ1n) is 5.95. The average Bonchev–Trinajstić information content (AvgIpc) is 2.86. The van der Waals surface area contributed by atoms with Crippen molar-refractivity contribution >= 4 is 16.6 Å². The average molecular weight is 266 g/mol. The SMILES string of the molecule is C.CC.COCCc1cc([N+](=O)[O-])cc2[nH]ccc12. The molecule has 5 heteroatoms. The first-order valence-corrected chi connectivity index (χ1v) is 5.95. The molecule has 2 rings (SSSR count). The first kappa shape index (κ1) is 17.1. The maximum atomic E-state index is 10.8. The number of nitro benzene ring substituents is 1. The standard InChI is InChI=1S/C11H12N2O3.C2H6.CH4/c1-16-5-3-8-6-9(13(14)15)7-11-10(8)2-4-12-11;1-2;/h2,4,6-7,12H,3,5H2,1H3;1-2H3;1H4. The number of aromatic nitrogens is 1. The monoisotopic (exact) mass is 266 g/mol. The molecule has 0 bridgehead atoms. The molecule has 1 aromatic carbocycles. The number of aromatic amines is 1. The Morgan fingerprint density at radius 1 is 1.37 bits per heavy atom. The van der Waals surface area contributed by atoms with Gasteiger partial charge in [0.25, 0.3) is 5.69 Å². The summed E-state index contributed by atoms with van der Waals surface area (Å²) in [5, 5.41) is 11.8. The highest BCUT2D eigenvalue weighted by Gasteiger charge is 2.11. The number of benzene rings is 1. The van der Waals surface area contributed by atoms with E-state index in [2.05, 4.69) is 4.98 Å². The molecule has 0 aliphatic heterocycles. The third-order valence-electron chi connectivity index (χ3n) is 2.53. The number of hydrogen-bond donors (Lipinski definition) is 1. The molecule has 0 atom stereocenters. The fraction of sp³-hybridized carbons (Fsp3) is 0.429. The van der Waals surface area contributed by atoms with Gasteiger partial charge in [0.2, 0.25) is 0 Å². The van der Waals surface area contributed by atoms with Crippen molar-refractivity contribution in [3.63, 3.8) is 0 Å². The zero-order valence-electron chi connectivity index (χ0n) is 10.9. The summed E-state index contributed by atoms with van der Waals surface area (Å²) in [5.74, 6) is 0. The number of hydrogen-bond acceptors (Lipinski definition) is 3. The number of non-ortho nitro benzene ring substituents is 1. The second-order valence-corrected chi connectivity index (χ2v) is 3.54. The minimum absolute atomic E-state index is 0. The van der Waals surface area contributed by atoms with E-state index in [1.54, 1.807) is 25.4 Å². The van der Waals surface area contributed by atoms with Gasteiger partial charge in [-0.25, -0.2) is 0 Å². The molecule has 0 amide bonds. The van der Waals surface area contributed by atoms with Crippen LogP contribution in [0, 0.1) is 10.1 Å². The molecular weight excluding hydrogens is 244 g/mol. The number of nitrogens with zero attached hydrogens (tertiary/aromatic N) is 1. The molecule has 0 radical (unpaired) electrons. The van der Waals surface area contributed by atoms with Gasteiger partial charge >= 0.3 is 0 Å². The van der Waals surface area contributed by atoms with Crippen molar-refractivity contribution in [2.45, 2.75) is 27.7 Å². The van der Waals surface area contributed by atoms with E-state index in [0.29, 0.717) is 13.0 Å². The Hall–Kier alpha value is -1.88. The predicted molar refractivity (Wildman–Crippen MR) is 78.6 cm³/mol. The van der Waals surface area contributed by atoms with Gasteiger partial charge in [0.05, 0.1) is 17.0 Å². The van der Waals surface area contributed by atoms with E-state index in [4.69, 9.17) is 4.74 Å². The van der Waals surface area contributed by atoms with Crippen molar-refractivity contribution in [2.24, 2.45) is 0 Å². The van der Waals surface area contributed by atoms with Crippen LogP contribution in [0.1, 0.15) is 26.8 Å². The number of H-pyrrole nitrogens is 1. The van der Waals surface area contributed by atoms with Gasteiger partial charge in [0.15, 0.2) is 0 Å². The van der Waals surface area contributed by atoms with E-state index in [1.165, 1.54) is 0 Å². The molecule has 5 nitrogen and oxygen atoms in total. The lowest BCUT2D eigenvalue weighted by molar-refractivity contribution is -0.384. The van der Waals surface area contributed by atoms with Crippen molar-refractivity contribution < 1.29 is 9.66 Å². The van der Waals surface area contributed by atoms with Crippen LogP contribution in [0.2, 0.25) is 0 Å². The van der Waals surface area contributed by atoms with Gasteiger partial charge in [-0.1, -0.05) is 21.3 Å². The summed E-state index contributed by atoms with van der Waals surface area (Å²) in [6.45, 7) is 4.56. The third kappa shape index (κ3) is 4.06. The Bertz CT molecular complexity index is 520. The quantitative estimate of drug-likeness (QED) is 0.673. The lowest BCUT2D eigenvalue weighted by atomic mass is 10.1. The topological polar surface area (TPSA) is 68.2 Å². The highest BCUT2D eigenvalue weighted by Crippen LogP contribution is 2.24. The van der Waals surface area contributed by atoms with Crippen LogP contribution in [0.5, 0.6) is 0 Å². The van der Waals surface area contributed by atoms with Gasteiger partial charge in [-0.3, -0.25) is 10.1 Å². The Morgan fingerprint density at radius 3 is 2.63 bits per heavy atom. The van der Waals surface area contributed by atoms with Crippen LogP contribution >= 0.6 is 0 Å². The summed E-state index contributed by atoms with van der Waals surface area (Å²) >= 11 is 0. The number of nitro groups is 1. The van der Waals surface area contributed by atoms with Crippen LogP contribution in [-0.2, 0) is 11.2 Å². The van der Waals surface area contributed by atoms with Crippen molar-refractivity contribution in [1.29, 1.82) is 0 Å². The summed E-state index contributed by atoms with van der Waals surface area (Å²) in [7, 11) is 1.62. The van der Waals surface area contributed by atoms with E-state index >= 15 is 0 Å². The van der Waals surface area contributed by atoms with Gasteiger partial charge in [0.1, 0.15) is 0 Å². The zero-order chi connectivity index (χ0) is 13.5. The summed E-state index contributed by atoms with van der Waals surface area (Å²) in [6, 6.07) is 5.07. The molecule has 0 fully saturated rings. The Kier molecular flexibility index (Phi) is 7.44. The Labute approximate surface area is 113 Å². The lowest BCUT2D eigenvalue weighted by Crippen LogP contribution is -1.97. The minimum Gasteiger partial charge on any atom is -0.384 e. The molecule has 0 aliphatic rings. The number of nitrogens with one attached hydrogen (secondary N) is 1.